The zero-order chi connectivity index (χ0) is 10.2. The zero-order valence-corrected chi connectivity index (χ0v) is 8.32. The minimum absolute atomic E-state index is 0.296. The van der Waals surface area contributed by atoms with Crippen molar-refractivity contribution in [3.05, 3.63) is 29.8 Å². The number of nitrogens with zero attached hydrogens (tertiary/aromatic N) is 1. The van der Waals surface area contributed by atoms with Crippen molar-refractivity contribution in [1.29, 1.82) is 0 Å². The summed E-state index contributed by atoms with van der Waals surface area (Å²) in [7, 11) is 0. The molecule has 0 saturated heterocycles. The van der Waals surface area contributed by atoms with Crippen LogP contribution < -0.4 is 4.74 Å². The summed E-state index contributed by atoms with van der Waals surface area (Å²) < 4.78 is 5.76. The summed E-state index contributed by atoms with van der Waals surface area (Å²) >= 11 is 0. The molecule has 0 aromatic heterocycles. The van der Waals surface area contributed by atoms with Crippen molar-refractivity contribution in [2.45, 2.75) is 25.9 Å². The Balaban J connectivity index is 2.52. The molecule has 0 unspecified atom stereocenters. The smallest absolute Gasteiger partial charge is 0.129 e. The Morgan fingerprint density at radius 2 is 2.07 bits per heavy atom. The molecule has 74 valence electrons. The van der Waals surface area contributed by atoms with Gasteiger partial charge in [-0.2, -0.15) is 0 Å². The summed E-state index contributed by atoms with van der Waals surface area (Å²) in [6.45, 7) is 3.96. The van der Waals surface area contributed by atoms with Gasteiger partial charge in [0.1, 0.15) is 11.4 Å². The number of hydrogen-bond acceptors (Lipinski definition) is 3. The highest BCUT2D eigenvalue weighted by Crippen LogP contribution is 2.32. The Morgan fingerprint density at radius 3 is 2.79 bits per heavy atom. The van der Waals surface area contributed by atoms with E-state index < -0.39 is 0 Å². The molecule has 0 bridgehead atoms. The van der Waals surface area contributed by atoms with E-state index in [0.717, 1.165) is 11.3 Å². The fourth-order valence-electron chi connectivity index (χ4n) is 1.72. The second kappa shape index (κ2) is 3.01. The molecule has 1 aromatic carbocycles. The summed E-state index contributed by atoms with van der Waals surface area (Å²) in [5.74, 6) is 0.788. The van der Waals surface area contributed by atoms with Gasteiger partial charge in [-0.3, -0.25) is 0 Å². The summed E-state index contributed by atoms with van der Waals surface area (Å²) in [4.78, 5) is 0. The Bertz CT molecular complexity index is 383. The highest BCUT2D eigenvalue weighted by Gasteiger charge is 2.30. The van der Waals surface area contributed by atoms with E-state index in [4.69, 9.17) is 9.94 Å². The summed E-state index contributed by atoms with van der Waals surface area (Å²) in [5.41, 5.74) is 1.28. The molecule has 1 heterocycles. The van der Waals surface area contributed by atoms with Crippen molar-refractivity contribution in [2.75, 3.05) is 0 Å². The van der Waals surface area contributed by atoms with Gasteiger partial charge in [-0.25, -0.2) is 0 Å². The summed E-state index contributed by atoms with van der Waals surface area (Å²) in [6, 6.07) is 7.61. The normalized spacial score (nSPS) is 21.4. The van der Waals surface area contributed by atoms with E-state index in [1.165, 1.54) is 0 Å². The van der Waals surface area contributed by atoms with Crippen LogP contribution >= 0.6 is 0 Å². The third-order valence-corrected chi connectivity index (χ3v) is 2.30. The molecule has 0 amide bonds. The third-order valence-electron chi connectivity index (χ3n) is 2.30. The van der Waals surface area contributed by atoms with Crippen LogP contribution in [0.2, 0.25) is 0 Å². The Morgan fingerprint density at radius 1 is 1.36 bits per heavy atom. The Labute approximate surface area is 83.0 Å². The van der Waals surface area contributed by atoms with Gasteiger partial charge in [0.05, 0.1) is 5.71 Å². The summed E-state index contributed by atoms with van der Waals surface area (Å²) in [5, 5.41) is 12.2. The first-order chi connectivity index (χ1) is 6.62. The molecule has 0 aliphatic carbocycles. The molecule has 1 aliphatic heterocycles. The van der Waals surface area contributed by atoms with Crippen LogP contribution in [0.25, 0.3) is 0 Å². The number of fused-ring (bicyclic) bond motifs is 1. The fourth-order valence-corrected chi connectivity index (χ4v) is 1.72. The van der Waals surface area contributed by atoms with Gasteiger partial charge in [-0.05, 0) is 26.0 Å². The van der Waals surface area contributed by atoms with Crippen LogP contribution in [0.15, 0.2) is 29.4 Å². The molecule has 0 atom stereocenters. The van der Waals surface area contributed by atoms with E-state index in [2.05, 4.69) is 5.16 Å². The highest BCUT2D eigenvalue weighted by molar-refractivity contribution is 6.03. The molecule has 1 aliphatic rings. The number of benzene rings is 1. The van der Waals surface area contributed by atoms with Gasteiger partial charge in [0.15, 0.2) is 0 Å². The zero-order valence-electron chi connectivity index (χ0n) is 8.32. The van der Waals surface area contributed by atoms with E-state index in [1.54, 1.807) is 0 Å². The first-order valence-electron chi connectivity index (χ1n) is 4.62. The molecule has 1 N–H and O–H groups in total. The standard InChI is InChI=1S/C11H13NO2/c1-11(2)7-9(12-13)8-5-3-4-6-10(8)14-11/h3-6,13H,7H2,1-2H3. The van der Waals surface area contributed by atoms with E-state index in [1.807, 2.05) is 38.1 Å². The minimum Gasteiger partial charge on any atom is -0.487 e. The first-order valence-corrected chi connectivity index (χ1v) is 4.62. The molecule has 0 fully saturated rings. The summed E-state index contributed by atoms with van der Waals surface area (Å²) in [6.07, 6.45) is 0.626. The third kappa shape index (κ3) is 1.45. The van der Waals surface area contributed by atoms with Crippen molar-refractivity contribution in [1.82, 2.24) is 0 Å². The lowest BCUT2D eigenvalue weighted by molar-refractivity contribution is 0.109. The lowest BCUT2D eigenvalue weighted by atomic mass is 9.92. The van der Waals surface area contributed by atoms with Gasteiger partial charge in [0, 0.05) is 12.0 Å². The van der Waals surface area contributed by atoms with Crippen LogP contribution in [0.5, 0.6) is 5.75 Å². The predicted molar refractivity (Wildman–Crippen MR) is 54.1 cm³/mol. The number of ether oxygens (including phenoxy) is 1. The Kier molecular flexibility index (Phi) is 1.95. The molecule has 0 radical (unpaired) electrons. The second-order valence-electron chi connectivity index (χ2n) is 4.08. The molecular weight excluding hydrogens is 178 g/mol. The average molecular weight is 191 g/mol. The van der Waals surface area contributed by atoms with Gasteiger partial charge >= 0.3 is 0 Å². The van der Waals surface area contributed by atoms with E-state index >= 15 is 0 Å². The number of rotatable bonds is 0. The van der Waals surface area contributed by atoms with Crippen LogP contribution in [0, 0.1) is 0 Å². The van der Waals surface area contributed by atoms with Crippen LogP contribution in [0.1, 0.15) is 25.8 Å². The lowest BCUT2D eigenvalue weighted by Crippen LogP contribution is -2.36. The van der Waals surface area contributed by atoms with E-state index in [0.29, 0.717) is 12.1 Å². The molecule has 1 aromatic rings. The van der Waals surface area contributed by atoms with E-state index in [9.17, 15) is 0 Å². The van der Waals surface area contributed by atoms with Crippen LogP contribution in [-0.2, 0) is 0 Å². The van der Waals surface area contributed by atoms with Gasteiger partial charge in [-0.15, -0.1) is 0 Å². The van der Waals surface area contributed by atoms with Crippen LogP contribution in [0.4, 0.5) is 0 Å². The maximum absolute atomic E-state index is 8.90. The van der Waals surface area contributed by atoms with Gasteiger partial charge in [-0.1, -0.05) is 17.3 Å². The minimum atomic E-state index is -0.296. The monoisotopic (exact) mass is 191 g/mol. The number of hydrogen-bond donors (Lipinski definition) is 1. The number of oxime groups is 1. The SMILES string of the molecule is CC1(C)CC(=NO)c2ccccc2O1. The van der Waals surface area contributed by atoms with Gasteiger partial charge < -0.3 is 9.94 Å². The van der Waals surface area contributed by atoms with Gasteiger partial charge in [0.25, 0.3) is 0 Å². The Hall–Kier alpha value is -1.51. The van der Waals surface area contributed by atoms with Crippen molar-refractivity contribution in [3.8, 4) is 5.75 Å². The molecule has 14 heavy (non-hydrogen) atoms. The maximum Gasteiger partial charge on any atom is 0.129 e. The highest BCUT2D eigenvalue weighted by atomic mass is 16.5. The molecular formula is C11H13NO2. The largest absolute Gasteiger partial charge is 0.487 e. The number of para-hydroxylation sites is 1. The average Bonchev–Trinajstić information content (AvgIpc) is 2.15. The van der Waals surface area contributed by atoms with Crippen LogP contribution in [0.3, 0.4) is 0 Å². The van der Waals surface area contributed by atoms with Crippen molar-refractivity contribution in [2.24, 2.45) is 5.16 Å². The fraction of sp³-hybridized carbons (Fsp3) is 0.364. The molecule has 0 spiro atoms. The van der Waals surface area contributed by atoms with Gasteiger partial charge in [0.2, 0.25) is 0 Å². The predicted octanol–water partition coefficient (Wildman–Crippen LogP) is 2.43. The molecule has 2 rings (SSSR count). The second-order valence-corrected chi connectivity index (χ2v) is 4.08. The van der Waals surface area contributed by atoms with E-state index in [-0.39, 0.29) is 5.60 Å². The maximum atomic E-state index is 8.90. The van der Waals surface area contributed by atoms with Crippen molar-refractivity contribution in [3.63, 3.8) is 0 Å². The first kappa shape index (κ1) is 9.06. The lowest BCUT2D eigenvalue weighted by Gasteiger charge is -2.32. The van der Waals surface area contributed by atoms with Crippen molar-refractivity contribution < 1.29 is 9.94 Å². The van der Waals surface area contributed by atoms with Crippen LogP contribution in [-0.4, -0.2) is 16.5 Å². The molecule has 0 saturated carbocycles. The quantitative estimate of drug-likeness (QED) is 0.505. The van der Waals surface area contributed by atoms with Crippen molar-refractivity contribution >= 4 is 5.71 Å². The molecule has 3 nitrogen and oxygen atoms in total. The molecule has 3 heteroatoms. The topological polar surface area (TPSA) is 41.8 Å².